The molecule has 0 amide bonds. The highest BCUT2D eigenvalue weighted by Gasteiger charge is 2.64. The minimum absolute atomic E-state index is 0.210. The van der Waals surface area contributed by atoms with Crippen LogP contribution in [0.1, 0.15) is 39.5 Å². The van der Waals surface area contributed by atoms with Gasteiger partial charge in [-0.15, -0.1) is 0 Å². The summed E-state index contributed by atoms with van der Waals surface area (Å²) >= 11 is 0. The Balaban J connectivity index is 2.20. The van der Waals surface area contributed by atoms with Gasteiger partial charge in [-0.3, -0.25) is 9.59 Å². The minimum atomic E-state index is -0.364. The van der Waals surface area contributed by atoms with E-state index in [9.17, 15) is 9.59 Å². The summed E-state index contributed by atoms with van der Waals surface area (Å²) < 4.78 is 4.68. The average molecular weight is 210 g/mol. The molecule has 2 rings (SSSR count). The zero-order chi connectivity index (χ0) is 11.3. The van der Waals surface area contributed by atoms with Gasteiger partial charge in [0, 0.05) is 11.8 Å². The van der Waals surface area contributed by atoms with Crippen LogP contribution in [0, 0.1) is 16.7 Å². The van der Waals surface area contributed by atoms with Gasteiger partial charge >= 0.3 is 5.97 Å². The SMILES string of the molecule is COC(=O)CC12CCC(C)(C)C1CC2=O. The van der Waals surface area contributed by atoms with Gasteiger partial charge in [0.1, 0.15) is 5.78 Å². The fourth-order valence-electron chi connectivity index (χ4n) is 3.34. The maximum Gasteiger partial charge on any atom is 0.306 e. The van der Waals surface area contributed by atoms with Crippen LogP contribution in [-0.2, 0) is 14.3 Å². The molecule has 0 bridgehead atoms. The first kappa shape index (κ1) is 10.7. The van der Waals surface area contributed by atoms with Gasteiger partial charge in [0.2, 0.25) is 0 Å². The monoisotopic (exact) mass is 210 g/mol. The van der Waals surface area contributed by atoms with Crippen molar-refractivity contribution in [3.63, 3.8) is 0 Å². The molecule has 0 saturated heterocycles. The summed E-state index contributed by atoms with van der Waals surface area (Å²) in [5, 5.41) is 0. The van der Waals surface area contributed by atoms with E-state index in [0.717, 1.165) is 12.8 Å². The number of ketones is 1. The average Bonchev–Trinajstić information content (AvgIpc) is 2.38. The Bertz CT molecular complexity index is 319. The molecular formula is C12H18O3. The van der Waals surface area contributed by atoms with Crippen molar-refractivity contribution in [1.29, 1.82) is 0 Å². The maximum atomic E-state index is 11.8. The quantitative estimate of drug-likeness (QED) is 0.654. The third-order valence-corrected chi connectivity index (χ3v) is 4.46. The van der Waals surface area contributed by atoms with Crippen molar-refractivity contribution in [2.45, 2.75) is 39.5 Å². The van der Waals surface area contributed by atoms with Crippen LogP contribution in [0.4, 0.5) is 0 Å². The molecule has 2 fully saturated rings. The number of rotatable bonds is 2. The number of hydrogen-bond acceptors (Lipinski definition) is 3. The lowest BCUT2D eigenvalue weighted by Crippen LogP contribution is -2.51. The maximum absolute atomic E-state index is 11.8. The predicted molar refractivity (Wildman–Crippen MR) is 55.2 cm³/mol. The van der Waals surface area contributed by atoms with Crippen molar-refractivity contribution < 1.29 is 14.3 Å². The summed E-state index contributed by atoms with van der Waals surface area (Å²) in [5.74, 6) is 0.408. The first-order valence-corrected chi connectivity index (χ1v) is 5.52. The van der Waals surface area contributed by atoms with E-state index in [1.807, 2.05) is 0 Å². The van der Waals surface area contributed by atoms with Crippen molar-refractivity contribution in [2.75, 3.05) is 7.11 Å². The van der Waals surface area contributed by atoms with Crippen molar-refractivity contribution in [1.82, 2.24) is 0 Å². The minimum Gasteiger partial charge on any atom is -0.469 e. The lowest BCUT2D eigenvalue weighted by Gasteiger charge is -2.47. The Hall–Kier alpha value is -0.860. The van der Waals surface area contributed by atoms with Gasteiger partial charge in [-0.1, -0.05) is 13.8 Å². The number of hydrogen-bond donors (Lipinski definition) is 0. The number of carbonyl (C=O) groups excluding carboxylic acids is 2. The van der Waals surface area contributed by atoms with Gasteiger partial charge in [0.25, 0.3) is 0 Å². The van der Waals surface area contributed by atoms with E-state index < -0.39 is 0 Å². The van der Waals surface area contributed by atoms with Crippen LogP contribution in [0.3, 0.4) is 0 Å². The molecule has 84 valence electrons. The summed E-state index contributed by atoms with van der Waals surface area (Å²) in [6.07, 6.45) is 2.85. The summed E-state index contributed by atoms with van der Waals surface area (Å²) in [6, 6.07) is 0. The molecule has 2 aliphatic rings. The molecular weight excluding hydrogens is 192 g/mol. The Morgan fingerprint density at radius 1 is 1.47 bits per heavy atom. The number of fused-ring (bicyclic) bond motifs is 1. The standard InChI is InChI=1S/C12H18O3/c1-11(2)4-5-12(7-10(14)15-3)8(11)6-9(12)13/h8H,4-7H2,1-3H3. The second kappa shape index (κ2) is 3.06. The molecule has 2 atom stereocenters. The van der Waals surface area contributed by atoms with Crippen LogP contribution in [0.2, 0.25) is 0 Å². The van der Waals surface area contributed by atoms with E-state index in [4.69, 9.17) is 0 Å². The molecule has 0 aliphatic heterocycles. The lowest BCUT2D eigenvalue weighted by molar-refractivity contribution is -0.159. The van der Waals surface area contributed by atoms with Gasteiger partial charge in [0.05, 0.1) is 13.5 Å². The third-order valence-electron chi connectivity index (χ3n) is 4.46. The first-order chi connectivity index (χ1) is 6.92. The summed E-state index contributed by atoms with van der Waals surface area (Å²) in [4.78, 5) is 23.1. The number of carbonyl (C=O) groups is 2. The van der Waals surface area contributed by atoms with Crippen LogP contribution < -0.4 is 0 Å². The van der Waals surface area contributed by atoms with E-state index >= 15 is 0 Å². The molecule has 0 aromatic heterocycles. The van der Waals surface area contributed by atoms with Gasteiger partial charge in [-0.2, -0.15) is 0 Å². The van der Waals surface area contributed by atoms with Gasteiger partial charge in [-0.05, 0) is 24.2 Å². The molecule has 2 aliphatic carbocycles. The van der Waals surface area contributed by atoms with Crippen molar-refractivity contribution in [3.8, 4) is 0 Å². The van der Waals surface area contributed by atoms with Crippen LogP contribution in [0.5, 0.6) is 0 Å². The molecule has 0 aromatic carbocycles. The number of Topliss-reactive ketones (excluding diaryl/α,β-unsaturated/α-hetero) is 1. The molecule has 3 heteroatoms. The fraction of sp³-hybridized carbons (Fsp3) is 0.833. The second-order valence-electron chi connectivity index (χ2n) is 5.58. The van der Waals surface area contributed by atoms with Crippen LogP contribution in [-0.4, -0.2) is 18.9 Å². The molecule has 2 saturated carbocycles. The third kappa shape index (κ3) is 1.32. The molecule has 0 heterocycles. The van der Waals surface area contributed by atoms with E-state index in [1.54, 1.807) is 0 Å². The summed E-state index contributed by atoms with van der Waals surface area (Å²) in [7, 11) is 1.39. The molecule has 0 aromatic rings. The highest BCUT2D eigenvalue weighted by molar-refractivity contribution is 5.95. The molecule has 0 radical (unpaired) electrons. The van der Waals surface area contributed by atoms with E-state index in [-0.39, 0.29) is 29.0 Å². The van der Waals surface area contributed by atoms with Gasteiger partial charge in [-0.25, -0.2) is 0 Å². The molecule has 0 N–H and O–H groups in total. The van der Waals surface area contributed by atoms with Crippen LogP contribution >= 0.6 is 0 Å². The predicted octanol–water partition coefficient (Wildman–Crippen LogP) is 1.94. The molecule has 15 heavy (non-hydrogen) atoms. The number of ether oxygens (including phenoxy) is 1. The smallest absolute Gasteiger partial charge is 0.306 e. The number of esters is 1. The Morgan fingerprint density at radius 3 is 2.60 bits per heavy atom. The highest BCUT2D eigenvalue weighted by atomic mass is 16.5. The topological polar surface area (TPSA) is 43.4 Å². The largest absolute Gasteiger partial charge is 0.469 e. The second-order valence-corrected chi connectivity index (χ2v) is 5.58. The lowest BCUT2D eigenvalue weighted by atomic mass is 9.54. The first-order valence-electron chi connectivity index (χ1n) is 5.52. The van der Waals surface area contributed by atoms with E-state index in [1.165, 1.54) is 7.11 Å². The fourth-order valence-corrected chi connectivity index (χ4v) is 3.34. The van der Waals surface area contributed by atoms with Crippen LogP contribution in [0.25, 0.3) is 0 Å². The Kier molecular flexibility index (Phi) is 2.18. The van der Waals surface area contributed by atoms with Crippen molar-refractivity contribution in [2.24, 2.45) is 16.7 Å². The normalized spacial score (nSPS) is 37.0. The van der Waals surface area contributed by atoms with Crippen LogP contribution in [0.15, 0.2) is 0 Å². The zero-order valence-electron chi connectivity index (χ0n) is 9.63. The molecule has 2 unspecified atom stereocenters. The van der Waals surface area contributed by atoms with Crippen molar-refractivity contribution >= 4 is 11.8 Å². The summed E-state index contributed by atoms with van der Waals surface area (Å²) in [6.45, 7) is 4.40. The zero-order valence-corrected chi connectivity index (χ0v) is 9.63. The number of methoxy groups -OCH3 is 1. The Morgan fingerprint density at radius 2 is 2.13 bits per heavy atom. The van der Waals surface area contributed by atoms with Gasteiger partial charge < -0.3 is 4.74 Å². The van der Waals surface area contributed by atoms with Gasteiger partial charge in [0.15, 0.2) is 0 Å². The Labute approximate surface area is 90.2 Å². The molecule has 3 nitrogen and oxygen atoms in total. The van der Waals surface area contributed by atoms with Crippen molar-refractivity contribution in [3.05, 3.63) is 0 Å². The summed E-state index contributed by atoms with van der Waals surface area (Å²) in [5.41, 5.74) is -0.154. The van der Waals surface area contributed by atoms with E-state index in [0.29, 0.717) is 12.3 Å². The van der Waals surface area contributed by atoms with E-state index in [2.05, 4.69) is 18.6 Å². The highest BCUT2D eigenvalue weighted by Crippen LogP contribution is 2.64. The molecule has 0 spiro atoms.